The minimum absolute atomic E-state index is 0.105. The second kappa shape index (κ2) is 9.65. The lowest BCUT2D eigenvalue weighted by molar-refractivity contribution is -0.393. The average molecular weight is 446 g/mol. The molecule has 0 bridgehead atoms. The van der Waals surface area contributed by atoms with Crippen molar-refractivity contribution in [1.82, 2.24) is 0 Å². The van der Waals surface area contributed by atoms with Gasteiger partial charge >= 0.3 is 11.4 Å². The van der Waals surface area contributed by atoms with E-state index in [0.29, 0.717) is 0 Å². The van der Waals surface area contributed by atoms with E-state index in [-0.39, 0.29) is 22.8 Å². The van der Waals surface area contributed by atoms with Crippen molar-refractivity contribution in [3.8, 4) is 0 Å². The summed E-state index contributed by atoms with van der Waals surface area (Å²) >= 11 is 0. The van der Waals surface area contributed by atoms with Crippen molar-refractivity contribution in [3.05, 3.63) is 76.9 Å². The fourth-order valence-corrected chi connectivity index (χ4v) is 2.21. The van der Waals surface area contributed by atoms with Crippen LogP contribution in [0.25, 0.3) is 0 Å². The van der Waals surface area contributed by atoms with Crippen LogP contribution in [0, 0.1) is 40.5 Å². The zero-order valence-electron chi connectivity index (χ0n) is 16.4. The van der Waals surface area contributed by atoms with Gasteiger partial charge in [0.15, 0.2) is 0 Å². The summed E-state index contributed by atoms with van der Waals surface area (Å²) in [5.74, 6) is 0. The molecule has 32 heavy (non-hydrogen) atoms. The Bertz CT molecular complexity index is 1090. The Morgan fingerprint density at radius 1 is 0.656 bits per heavy atom. The van der Waals surface area contributed by atoms with Gasteiger partial charge in [0, 0.05) is 12.1 Å². The third-order valence-corrected chi connectivity index (χ3v) is 3.99. The van der Waals surface area contributed by atoms with Gasteiger partial charge in [-0.15, -0.1) is 0 Å². The first-order valence-electron chi connectivity index (χ1n) is 8.48. The molecule has 0 radical (unpaired) electrons. The number of non-ortho nitro benzene ring substituents is 2. The molecule has 0 saturated carbocycles. The Balaban J connectivity index is 2.23. The number of anilines is 2. The Hall–Kier alpha value is -5.02. The molecule has 0 amide bonds. The highest BCUT2D eigenvalue weighted by Crippen LogP contribution is 2.30. The summed E-state index contributed by atoms with van der Waals surface area (Å²) in [7, 11) is 0. The summed E-state index contributed by atoms with van der Waals surface area (Å²) in [4.78, 5) is 40.7. The van der Waals surface area contributed by atoms with Gasteiger partial charge in [0.05, 0.1) is 43.2 Å². The number of nitrogens with zero attached hydrogens (tertiary/aromatic N) is 6. The lowest BCUT2D eigenvalue weighted by Crippen LogP contribution is -2.11. The van der Waals surface area contributed by atoms with Gasteiger partial charge in [-0.1, -0.05) is 0 Å². The molecule has 0 unspecified atom stereocenters. The quantitative estimate of drug-likeness (QED) is 0.323. The van der Waals surface area contributed by atoms with Crippen LogP contribution in [0.1, 0.15) is 13.8 Å². The number of nitro groups is 4. The van der Waals surface area contributed by atoms with Gasteiger partial charge < -0.3 is 0 Å². The largest absolute Gasteiger partial charge is 0.301 e. The monoisotopic (exact) mass is 446 g/mol. The maximum absolute atomic E-state index is 11.2. The van der Waals surface area contributed by atoms with Crippen LogP contribution in [0.2, 0.25) is 0 Å². The Kier molecular flexibility index (Phi) is 7.02. The van der Waals surface area contributed by atoms with Crippen LogP contribution in [-0.4, -0.2) is 31.1 Å². The number of hydrogen-bond acceptors (Lipinski definition) is 12. The van der Waals surface area contributed by atoms with E-state index in [9.17, 15) is 40.5 Å². The maximum atomic E-state index is 11.2. The van der Waals surface area contributed by atoms with Gasteiger partial charge in [-0.2, -0.15) is 10.2 Å². The molecule has 166 valence electrons. The molecule has 2 N–H and O–H groups in total. The number of benzene rings is 2. The molecule has 0 saturated heterocycles. The summed E-state index contributed by atoms with van der Waals surface area (Å²) in [5, 5.41) is 51.7. The van der Waals surface area contributed by atoms with E-state index in [1.54, 1.807) is 0 Å². The van der Waals surface area contributed by atoms with Crippen molar-refractivity contribution in [2.45, 2.75) is 13.8 Å². The molecule has 0 atom stereocenters. The number of nitro benzene ring substituents is 4. The molecule has 0 aliphatic rings. The molecule has 2 rings (SSSR count). The third kappa shape index (κ3) is 5.53. The van der Waals surface area contributed by atoms with Crippen LogP contribution in [-0.2, 0) is 0 Å². The lowest BCUT2D eigenvalue weighted by atomic mass is 10.2. The van der Waals surface area contributed by atoms with Crippen molar-refractivity contribution in [2.75, 3.05) is 10.9 Å². The second-order valence-electron chi connectivity index (χ2n) is 6.05. The molecular formula is C16H14N8O8. The van der Waals surface area contributed by atoms with Gasteiger partial charge in [0.2, 0.25) is 0 Å². The number of hydrazone groups is 2. The predicted octanol–water partition coefficient (Wildman–Crippen LogP) is 3.60. The van der Waals surface area contributed by atoms with Crippen molar-refractivity contribution in [2.24, 2.45) is 10.2 Å². The molecule has 2 aromatic carbocycles. The Morgan fingerprint density at radius 2 is 1.00 bits per heavy atom. The van der Waals surface area contributed by atoms with E-state index in [1.165, 1.54) is 13.8 Å². The summed E-state index contributed by atoms with van der Waals surface area (Å²) in [5.41, 5.74) is 3.01. The van der Waals surface area contributed by atoms with E-state index in [0.717, 1.165) is 36.4 Å². The first kappa shape index (κ1) is 23.3. The van der Waals surface area contributed by atoms with Gasteiger partial charge in [-0.05, 0) is 26.0 Å². The van der Waals surface area contributed by atoms with E-state index < -0.39 is 42.4 Å². The molecule has 0 aliphatic heterocycles. The summed E-state index contributed by atoms with van der Waals surface area (Å²) < 4.78 is 0. The van der Waals surface area contributed by atoms with Gasteiger partial charge in [0.1, 0.15) is 11.4 Å². The third-order valence-electron chi connectivity index (χ3n) is 3.99. The predicted molar refractivity (Wildman–Crippen MR) is 113 cm³/mol. The van der Waals surface area contributed by atoms with Crippen molar-refractivity contribution in [1.29, 1.82) is 0 Å². The zero-order chi connectivity index (χ0) is 24.0. The van der Waals surface area contributed by atoms with Crippen LogP contribution >= 0.6 is 0 Å². The standard InChI is InChI=1S/C16H14N8O8/c1-9(17-19-13-5-3-11(21(25)26)7-15(13)23(29)30)10(2)18-20-14-6-4-12(22(27)28)8-16(14)24(31)32/h3-8,19-20H,1-2H3/b17-9+,18-10+. The topological polar surface area (TPSA) is 221 Å². The molecule has 0 spiro atoms. The molecule has 0 aliphatic carbocycles. The fraction of sp³-hybridized carbons (Fsp3) is 0.125. The number of rotatable bonds is 9. The van der Waals surface area contributed by atoms with Crippen molar-refractivity contribution in [3.63, 3.8) is 0 Å². The van der Waals surface area contributed by atoms with Gasteiger partial charge in [-0.25, -0.2) is 0 Å². The normalized spacial score (nSPS) is 11.6. The van der Waals surface area contributed by atoms with Crippen LogP contribution in [0.3, 0.4) is 0 Å². The molecule has 0 heterocycles. The number of hydrogen-bond donors (Lipinski definition) is 2. The summed E-state index contributed by atoms with van der Waals surface area (Å²) in [6, 6.07) is 5.94. The zero-order valence-corrected chi connectivity index (χ0v) is 16.4. The molecule has 16 heteroatoms. The first-order valence-corrected chi connectivity index (χ1v) is 8.48. The molecule has 0 aromatic heterocycles. The van der Waals surface area contributed by atoms with E-state index in [2.05, 4.69) is 21.1 Å². The highest BCUT2D eigenvalue weighted by molar-refractivity contribution is 6.40. The van der Waals surface area contributed by atoms with E-state index in [1.807, 2.05) is 0 Å². The van der Waals surface area contributed by atoms with E-state index in [4.69, 9.17) is 0 Å². The van der Waals surface area contributed by atoms with Crippen molar-refractivity contribution < 1.29 is 19.7 Å². The summed E-state index contributed by atoms with van der Waals surface area (Å²) in [6.07, 6.45) is 0. The Labute approximate surface area is 177 Å². The smallest absolute Gasteiger partial charge is 0.271 e. The molecular weight excluding hydrogens is 432 g/mol. The van der Waals surface area contributed by atoms with E-state index >= 15 is 0 Å². The van der Waals surface area contributed by atoms with Crippen LogP contribution in [0.5, 0.6) is 0 Å². The Morgan fingerprint density at radius 3 is 1.28 bits per heavy atom. The van der Waals surface area contributed by atoms with Crippen molar-refractivity contribution >= 4 is 45.5 Å². The van der Waals surface area contributed by atoms with Crippen LogP contribution in [0.15, 0.2) is 46.6 Å². The molecule has 2 aromatic rings. The fourth-order valence-electron chi connectivity index (χ4n) is 2.21. The molecule has 16 nitrogen and oxygen atoms in total. The highest BCUT2D eigenvalue weighted by atomic mass is 16.6. The second-order valence-corrected chi connectivity index (χ2v) is 6.05. The highest BCUT2D eigenvalue weighted by Gasteiger charge is 2.20. The van der Waals surface area contributed by atoms with Crippen LogP contribution < -0.4 is 10.9 Å². The SMILES string of the molecule is CC(=N\Nc1ccc([N+](=O)[O-])cc1[N+](=O)[O-])/C(C)=N/Nc1ccc([N+](=O)[O-])cc1[N+](=O)[O-]. The maximum Gasteiger partial charge on any atom is 0.301 e. The first-order chi connectivity index (χ1) is 15.0. The average Bonchev–Trinajstić information content (AvgIpc) is 2.74. The summed E-state index contributed by atoms with van der Waals surface area (Å²) in [6.45, 7) is 2.96. The van der Waals surface area contributed by atoms with Crippen LogP contribution in [0.4, 0.5) is 34.1 Å². The lowest BCUT2D eigenvalue weighted by Gasteiger charge is -2.06. The minimum atomic E-state index is -0.809. The van der Waals surface area contributed by atoms with Gasteiger partial charge in [0.25, 0.3) is 11.4 Å². The van der Waals surface area contributed by atoms with Gasteiger partial charge in [-0.3, -0.25) is 51.3 Å². The minimum Gasteiger partial charge on any atom is -0.271 e. The number of nitrogens with one attached hydrogen (secondary N) is 2. The molecule has 0 fully saturated rings.